The molecule has 188 valence electrons. The second kappa shape index (κ2) is 11.8. The molecule has 2 amide bonds. The summed E-state index contributed by atoms with van der Waals surface area (Å²) in [6.45, 7) is 8.68. The molecule has 1 saturated heterocycles. The highest BCUT2D eigenvalue weighted by Crippen LogP contribution is 2.23. The van der Waals surface area contributed by atoms with Crippen molar-refractivity contribution in [2.24, 2.45) is 5.92 Å². The highest BCUT2D eigenvalue weighted by Gasteiger charge is 2.28. The van der Waals surface area contributed by atoms with E-state index in [0.29, 0.717) is 32.6 Å². The highest BCUT2D eigenvalue weighted by atomic mass is 16.2. The van der Waals surface area contributed by atoms with Gasteiger partial charge in [0, 0.05) is 38.2 Å². The third-order valence-electron chi connectivity index (χ3n) is 6.63. The molecule has 0 spiro atoms. The van der Waals surface area contributed by atoms with Crippen LogP contribution in [0.15, 0.2) is 72.8 Å². The van der Waals surface area contributed by atoms with Crippen molar-refractivity contribution in [1.82, 2.24) is 20.0 Å². The lowest BCUT2D eigenvalue weighted by molar-refractivity contribution is -0.143. The van der Waals surface area contributed by atoms with Crippen molar-refractivity contribution in [3.05, 3.63) is 78.4 Å². The number of anilines is 1. The van der Waals surface area contributed by atoms with Gasteiger partial charge in [-0.05, 0) is 30.5 Å². The van der Waals surface area contributed by atoms with Crippen molar-refractivity contribution in [3.8, 4) is 11.3 Å². The molecule has 0 saturated carbocycles. The largest absolute Gasteiger partial charge is 0.352 e. The van der Waals surface area contributed by atoms with Crippen molar-refractivity contribution in [3.63, 3.8) is 0 Å². The van der Waals surface area contributed by atoms with Crippen LogP contribution in [0.2, 0.25) is 0 Å². The van der Waals surface area contributed by atoms with Gasteiger partial charge in [-0.1, -0.05) is 74.5 Å². The maximum Gasteiger partial charge on any atom is 0.242 e. The second-order valence-electron chi connectivity index (χ2n) is 9.72. The summed E-state index contributed by atoms with van der Waals surface area (Å²) < 4.78 is 0. The quantitative estimate of drug-likeness (QED) is 0.472. The van der Waals surface area contributed by atoms with Crippen LogP contribution >= 0.6 is 0 Å². The van der Waals surface area contributed by atoms with Crippen LogP contribution in [-0.4, -0.2) is 64.5 Å². The van der Waals surface area contributed by atoms with Crippen molar-refractivity contribution >= 4 is 17.6 Å². The maximum atomic E-state index is 13.3. The van der Waals surface area contributed by atoms with Crippen LogP contribution in [0.4, 0.5) is 5.82 Å². The van der Waals surface area contributed by atoms with Crippen molar-refractivity contribution in [2.45, 2.75) is 33.2 Å². The van der Waals surface area contributed by atoms with Gasteiger partial charge < -0.3 is 14.7 Å². The highest BCUT2D eigenvalue weighted by molar-refractivity contribution is 5.85. The Kier molecular flexibility index (Phi) is 8.31. The number of carbonyl (C=O) groups is 2. The fourth-order valence-corrected chi connectivity index (χ4v) is 4.51. The van der Waals surface area contributed by atoms with Crippen LogP contribution in [0.3, 0.4) is 0 Å². The molecule has 1 aliphatic heterocycles. The molecule has 7 heteroatoms. The molecule has 4 rings (SSSR count). The number of hydrogen-bond donors (Lipinski definition) is 0. The lowest BCUT2D eigenvalue weighted by Crippen LogP contribution is -2.52. The van der Waals surface area contributed by atoms with Crippen molar-refractivity contribution < 1.29 is 9.59 Å². The third-order valence-corrected chi connectivity index (χ3v) is 6.63. The second-order valence-corrected chi connectivity index (χ2v) is 9.72. The number of piperazine rings is 1. The topological polar surface area (TPSA) is 69.6 Å². The smallest absolute Gasteiger partial charge is 0.242 e. The normalized spacial score (nSPS) is 14.6. The van der Waals surface area contributed by atoms with Crippen LogP contribution in [0.25, 0.3) is 11.3 Å². The first-order chi connectivity index (χ1) is 17.4. The van der Waals surface area contributed by atoms with Gasteiger partial charge in [-0.2, -0.15) is 0 Å². The van der Waals surface area contributed by atoms with Crippen LogP contribution < -0.4 is 4.90 Å². The zero-order valence-electron chi connectivity index (χ0n) is 21.4. The lowest BCUT2D eigenvalue weighted by atomic mass is 10.0. The van der Waals surface area contributed by atoms with E-state index in [9.17, 15) is 9.59 Å². The number of amides is 2. The first-order valence-corrected chi connectivity index (χ1v) is 12.7. The number of rotatable bonds is 8. The van der Waals surface area contributed by atoms with Gasteiger partial charge in [0.15, 0.2) is 5.82 Å². The predicted molar refractivity (Wildman–Crippen MR) is 142 cm³/mol. The van der Waals surface area contributed by atoms with Gasteiger partial charge in [0.05, 0.1) is 11.7 Å². The zero-order chi connectivity index (χ0) is 25.5. The molecular formula is C29H35N5O2. The molecule has 1 aromatic heterocycles. The van der Waals surface area contributed by atoms with Crippen molar-refractivity contribution in [2.75, 3.05) is 37.6 Å². The molecule has 1 aliphatic rings. The van der Waals surface area contributed by atoms with Crippen LogP contribution in [0.1, 0.15) is 38.8 Å². The van der Waals surface area contributed by atoms with Gasteiger partial charge in [-0.25, -0.2) is 0 Å². The average Bonchev–Trinajstić information content (AvgIpc) is 2.92. The minimum atomic E-state index is -0.166. The minimum Gasteiger partial charge on any atom is -0.352 e. The first kappa shape index (κ1) is 25.4. The number of hydrogen-bond acceptors (Lipinski definition) is 5. The Hall–Kier alpha value is -3.74. The van der Waals surface area contributed by atoms with E-state index < -0.39 is 0 Å². The Morgan fingerprint density at radius 2 is 1.47 bits per heavy atom. The number of nitrogens with zero attached hydrogens (tertiary/aromatic N) is 5. The van der Waals surface area contributed by atoms with Gasteiger partial charge >= 0.3 is 0 Å². The molecule has 0 bridgehead atoms. The van der Waals surface area contributed by atoms with E-state index in [1.165, 1.54) is 0 Å². The van der Waals surface area contributed by atoms with E-state index in [1.807, 2.05) is 98.5 Å². The lowest BCUT2D eigenvalue weighted by Gasteiger charge is -2.37. The standard InChI is InChI=1S/C29H35N5O2/c1-22(2)20-28(35)34(23(3)24-10-6-4-7-11-24)21-29(36)33-18-16-32(17-19-33)27-15-14-26(30-31-27)25-12-8-5-9-13-25/h4-15,22-23H,16-21H2,1-3H3/t23-/m0/s1. The molecule has 36 heavy (non-hydrogen) atoms. The average molecular weight is 486 g/mol. The zero-order valence-corrected chi connectivity index (χ0v) is 21.4. The van der Waals surface area contributed by atoms with Gasteiger partial charge in [0.1, 0.15) is 6.54 Å². The third kappa shape index (κ3) is 6.27. The summed E-state index contributed by atoms with van der Waals surface area (Å²) in [6, 6.07) is 23.7. The molecule has 7 nitrogen and oxygen atoms in total. The Morgan fingerprint density at radius 3 is 2.06 bits per heavy atom. The summed E-state index contributed by atoms with van der Waals surface area (Å²) >= 11 is 0. The van der Waals surface area contributed by atoms with E-state index in [2.05, 4.69) is 15.1 Å². The molecule has 1 fully saturated rings. The predicted octanol–water partition coefficient (Wildman–Crippen LogP) is 4.43. The van der Waals surface area contributed by atoms with E-state index in [4.69, 9.17) is 0 Å². The van der Waals surface area contributed by atoms with Gasteiger partial charge in [-0.3, -0.25) is 9.59 Å². The van der Waals surface area contributed by atoms with E-state index in [0.717, 1.165) is 22.6 Å². The minimum absolute atomic E-state index is 0.0138. The molecule has 2 heterocycles. The summed E-state index contributed by atoms with van der Waals surface area (Å²) in [5.74, 6) is 1.05. The Labute approximate surface area is 213 Å². The van der Waals surface area contributed by atoms with Gasteiger partial charge in [0.25, 0.3) is 0 Å². The Morgan fingerprint density at radius 1 is 0.833 bits per heavy atom. The number of aromatic nitrogens is 2. The van der Waals surface area contributed by atoms with Crippen LogP contribution in [0, 0.1) is 5.92 Å². The number of benzene rings is 2. The number of carbonyl (C=O) groups excluding carboxylic acids is 2. The van der Waals surface area contributed by atoms with E-state index in [1.54, 1.807) is 4.90 Å². The molecule has 0 radical (unpaired) electrons. The monoisotopic (exact) mass is 485 g/mol. The Bertz CT molecular complexity index is 1130. The maximum absolute atomic E-state index is 13.3. The summed E-state index contributed by atoms with van der Waals surface area (Å²) in [4.78, 5) is 32.1. The summed E-state index contributed by atoms with van der Waals surface area (Å²) in [5, 5.41) is 8.82. The van der Waals surface area contributed by atoms with Gasteiger partial charge in [0.2, 0.25) is 11.8 Å². The Balaban J connectivity index is 1.37. The molecular weight excluding hydrogens is 450 g/mol. The van der Waals surface area contributed by atoms with Crippen LogP contribution in [-0.2, 0) is 9.59 Å². The van der Waals surface area contributed by atoms with E-state index in [-0.39, 0.29) is 30.3 Å². The fraction of sp³-hybridized carbons (Fsp3) is 0.379. The summed E-state index contributed by atoms with van der Waals surface area (Å²) in [7, 11) is 0. The summed E-state index contributed by atoms with van der Waals surface area (Å²) in [6.07, 6.45) is 0.426. The van der Waals surface area contributed by atoms with Crippen LogP contribution in [0.5, 0.6) is 0 Å². The SMILES string of the molecule is CC(C)CC(=O)N(CC(=O)N1CCN(c2ccc(-c3ccccc3)nn2)CC1)[C@@H](C)c1ccccc1. The van der Waals surface area contributed by atoms with Gasteiger partial charge in [-0.15, -0.1) is 10.2 Å². The molecule has 3 aromatic rings. The first-order valence-electron chi connectivity index (χ1n) is 12.7. The summed E-state index contributed by atoms with van der Waals surface area (Å²) in [5.41, 5.74) is 2.91. The molecule has 0 N–H and O–H groups in total. The fourth-order valence-electron chi connectivity index (χ4n) is 4.51. The van der Waals surface area contributed by atoms with E-state index >= 15 is 0 Å². The molecule has 0 unspecified atom stereocenters. The molecule has 1 atom stereocenters. The van der Waals surface area contributed by atoms with Crippen molar-refractivity contribution in [1.29, 1.82) is 0 Å². The molecule has 0 aliphatic carbocycles. The molecule has 2 aromatic carbocycles.